The van der Waals surface area contributed by atoms with Gasteiger partial charge in [-0.1, -0.05) is 18.6 Å². The first-order valence-corrected chi connectivity index (χ1v) is 9.55. The summed E-state index contributed by atoms with van der Waals surface area (Å²) >= 11 is 0. The lowest BCUT2D eigenvalue weighted by molar-refractivity contribution is -0.126. The van der Waals surface area contributed by atoms with E-state index in [0.29, 0.717) is 6.54 Å². The molecular weight excluding hydrogens is 350 g/mol. The molecule has 26 heavy (non-hydrogen) atoms. The third-order valence-electron chi connectivity index (χ3n) is 5.40. The topological polar surface area (TPSA) is 75.4 Å². The number of hydrogen-bond acceptors (Lipinski definition) is 3. The maximum atomic E-state index is 12.5. The van der Waals surface area contributed by atoms with E-state index in [1.54, 1.807) is 0 Å². The molecule has 2 fully saturated rings. The Morgan fingerprint density at radius 2 is 1.73 bits per heavy atom. The average molecular weight is 380 g/mol. The van der Waals surface area contributed by atoms with Gasteiger partial charge >= 0.3 is 0 Å². The van der Waals surface area contributed by atoms with E-state index in [1.165, 1.54) is 6.42 Å². The van der Waals surface area contributed by atoms with Crippen molar-refractivity contribution in [2.45, 2.75) is 57.5 Å². The lowest BCUT2D eigenvalue weighted by atomic mass is 9.85. The minimum Gasteiger partial charge on any atom is -0.352 e. The number of halogens is 1. The molecular formula is C20H30ClN3O2. The van der Waals surface area contributed by atoms with Gasteiger partial charge in [0.15, 0.2) is 0 Å². The molecule has 2 aliphatic rings. The van der Waals surface area contributed by atoms with Gasteiger partial charge in [0, 0.05) is 37.2 Å². The Balaban J connectivity index is 0.00000243. The number of nitrogens with two attached hydrogens (primary N) is 1. The summed E-state index contributed by atoms with van der Waals surface area (Å²) in [6, 6.07) is 7.77. The van der Waals surface area contributed by atoms with Crippen LogP contribution in [-0.2, 0) is 11.3 Å². The van der Waals surface area contributed by atoms with E-state index >= 15 is 0 Å². The van der Waals surface area contributed by atoms with Crippen LogP contribution in [-0.4, -0.2) is 35.8 Å². The largest absolute Gasteiger partial charge is 0.352 e. The highest BCUT2D eigenvalue weighted by atomic mass is 35.5. The number of likely N-dealkylation sites (tertiary alicyclic amines) is 1. The Morgan fingerprint density at radius 1 is 1.04 bits per heavy atom. The first kappa shape index (κ1) is 20.7. The van der Waals surface area contributed by atoms with Crippen molar-refractivity contribution >= 4 is 24.2 Å². The fourth-order valence-corrected chi connectivity index (χ4v) is 3.84. The summed E-state index contributed by atoms with van der Waals surface area (Å²) < 4.78 is 0. The molecule has 2 amide bonds. The number of nitrogens with one attached hydrogen (secondary N) is 1. The van der Waals surface area contributed by atoms with Gasteiger partial charge in [-0.05, 0) is 56.2 Å². The smallest absolute Gasteiger partial charge is 0.253 e. The molecule has 1 aliphatic carbocycles. The van der Waals surface area contributed by atoms with Crippen molar-refractivity contribution in [3.8, 4) is 0 Å². The summed E-state index contributed by atoms with van der Waals surface area (Å²) in [4.78, 5) is 26.7. The first-order chi connectivity index (χ1) is 12.1. The maximum absolute atomic E-state index is 12.5. The normalized spacial score (nSPS) is 23.0. The van der Waals surface area contributed by atoms with Gasteiger partial charge in [-0.15, -0.1) is 12.4 Å². The molecule has 6 heteroatoms. The van der Waals surface area contributed by atoms with Gasteiger partial charge in [0.05, 0.1) is 0 Å². The predicted molar refractivity (Wildman–Crippen MR) is 105 cm³/mol. The number of amides is 2. The van der Waals surface area contributed by atoms with Crippen molar-refractivity contribution in [2.75, 3.05) is 13.1 Å². The number of carbonyl (C=O) groups excluding carboxylic acids is 2. The molecule has 0 aromatic heterocycles. The van der Waals surface area contributed by atoms with E-state index in [9.17, 15) is 9.59 Å². The molecule has 0 bridgehead atoms. The third-order valence-corrected chi connectivity index (χ3v) is 5.40. The second-order valence-corrected chi connectivity index (χ2v) is 7.39. The van der Waals surface area contributed by atoms with Crippen LogP contribution in [0.1, 0.15) is 60.9 Å². The Morgan fingerprint density at radius 3 is 2.38 bits per heavy atom. The summed E-state index contributed by atoms with van der Waals surface area (Å²) in [5.41, 5.74) is 7.71. The Hall–Kier alpha value is -1.59. The molecule has 0 radical (unpaired) electrons. The van der Waals surface area contributed by atoms with Crippen molar-refractivity contribution in [3.05, 3.63) is 35.4 Å². The standard InChI is InChI=1S/C20H29N3O2.ClH/c21-18-6-4-5-17(13-18)19(24)22-14-15-7-9-16(10-8-15)20(25)23-11-2-1-3-12-23;/h7-10,17-18H,1-6,11-14,21H2,(H,22,24);1H. The van der Waals surface area contributed by atoms with Crippen LogP contribution in [0.25, 0.3) is 0 Å². The predicted octanol–water partition coefficient (Wildman–Crippen LogP) is 2.87. The molecule has 1 aromatic carbocycles. The van der Waals surface area contributed by atoms with Crippen LogP contribution in [0.15, 0.2) is 24.3 Å². The molecule has 144 valence electrons. The second-order valence-electron chi connectivity index (χ2n) is 7.39. The van der Waals surface area contributed by atoms with Crippen molar-refractivity contribution < 1.29 is 9.59 Å². The zero-order valence-electron chi connectivity index (χ0n) is 15.3. The molecule has 2 atom stereocenters. The minimum atomic E-state index is 0. The molecule has 1 saturated carbocycles. The Kier molecular flexibility index (Phi) is 7.91. The molecule has 2 unspecified atom stereocenters. The molecule has 0 spiro atoms. The quantitative estimate of drug-likeness (QED) is 0.844. The molecule has 3 rings (SSSR count). The van der Waals surface area contributed by atoms with Crippen molar-refractivity contribution in [2.24, 2.45) is 11.7 Å². The summed E-state index contributed by atoms with van der Waals surface area (Å²) in [6.07, 6.45) is 7.19. The summed E-state index contributed by atoms with van der Waals surface area (Å²) in [5, 5.41) is 3.01. The molecule has 1 saturated heterocycles. The van der Waals surface area contributed by atoms with Crippen LogP contribution in [0.2, 0.25) is 0 Å². The van der Waals surface area contributed by atoms with Crippen LogP contribution in [0.5, 0.6) is 0 Å². The van der Waals surface area contributed by atoms with Gasteiger partial charge in [-0.3, -0.25) is 9.59 Å². The van der Waals surface area contributed by atoms with E-state index in [4.69, 9.17) is 5.73 Å². The Labute approximate surface area is 162 Å². The van der Waals surface area contributed by atoms with Gasteiger partial charge < -0.3 is 16.0 Å². The average Bonchev–Trinajstić information content (AvgIpc) is 2.66. The number of piperidine rings is 1. The van der Waals surface area contributed by atoms with Crippen LogP contribution < -0.4 is 11.1 Å². The number of rotatable bonds is 4. The van der Waals surface area contributed by atoms with E-state index in [-0.39, 0.29) is 36.2 Å². The molecule has 3 N–H and O–H groups in total. The van der Waals surface area contributed by atoms with E-state index < -0.39 is 0 Å². The zero-order chi connectivity index (χ0) is 17.6. The van der Waals surface area contributed by atoms with Gasteiger partial charge in [0.2, 0.25) is 5.91 Å². The van der Waals surface area contributed by atoms with Crippen molar-refractivity contribution in [1.82, 2.24) is 10.2 Å². The van der Waals surface area contributed by atoms with Crippen molar-refractivity contribution in [3.63, 3.8) is 0 Å². The fraction of sp³-hybridized carbons (Fsp3) is 0.600. The third kappa shape index (κ3) is 5.45. The Bertz CT molecular complexity index is 600. The highest BCUT2D eigenvalue weighted by Gasteiger charge is 2.25. The van der Waals surface area contributed by atoms with Crippen LogP contribution in [0.3, 0.4) is 0 Å². The summed E-state index contributed by atoms with van der Waals surface area (Å²) in [6.45, 7) is 2.23. The van der Waals surface area contributed by atoms with Gasteiger partial charge in [-0.2, -0.15) is 0 Å². The van der Waals surface area contributed by atoms with Gasteiger partial charge in [-0.25, -0.2) is 0 Å². The van der Waals surface area contributed by atoms with Crippen molar-refractivity contribution in [1.29, 1.82) is 0 Å². The van der Waals surface area contributed by atoms with Crippen LogP contribution in [0, 0.1) is 5.92 Å². The van der Waals surface area contributed by atoms with E-state index in [0.717, 1.165) is 62.7 Å². The van der Waals surface area contributed by atoms with Gasteiger partial charge in [0.25, 0.3) is 5.91 Å². The fourth-order valence-electron chi connectivity index (χ4n) is 3.84. The number of benzene rings is 1. The minimum absolute atomic E-state index is 0. The molecule has 1 aliphatic heterocycles. The van der Waals surface area contributed by atoms with Crippen LogP contribution in [0.4, 0.5) is 0 Å². The first-order valence-electron chi connectivity index (χ1n) is 9.55. The highest BCUT2D eigenvalue weighted by molar-refractivity contribution is 5.94. The number of carbonyl (C=O) groups is 2. The van der Waals surface area contributed by atoms with E-state index in [1.807, 2.05) is 29.2 Å². The van der Waals surface area contributed by atoms with Gasteiger partial charge in [0.1, 0.15) is 0 Å². The summed E-state index contributed by atoms with van der Waals surface area (Å²) in [7, 11) is 0. The summed E-state index contributed by atoms with van der Waals surface area (Å²) in [5.74, 6) is 0.263. The van der Waals surface area contributed by atoms with E-state index in [2.05, 4.69) is 5.32 Å². The molecule has 5 nitrogen and oxygen atoms in total. The molecule has 1 aromatic rings. The lowest BCUT2D eigenvalue weighted by Crippen LogP contribution is -2.37. The highest BCUT2D eigenvalue weighted by Crippen LogP contribution is 2.23. The lowest BCUT2D eigenvalue weighted by Gasteiger charge is -2.27. The second kappa shape index (κ2) is 9.93. The number of nitrogens with zero attached hydrogens (tertiary/aromatic N) is 1. The van der Waals surface area contributed by atoms with Crippen LogP contribution >= 0.6 is 12.4 Å². The number of hydrogen-bond donors (Lipinski definition) is 2. The molecule has 1 heterocycles. The zero-order valence-corrected chi connectivity index (χ0v) is 16.1. The SMILES string of the molecule is Cl.NC1CCCC(C(=O)NCc2ccc(C(=O)N3CCCCC3)cc2)C1. The maximum Gasteiger partial charge on any atom is 0.253 e. The monoisotopic (exact) mass is 379 g/mol.